The third kappa shape index (κ3) is 3.05. The van der Waals surface area contributed by atoms with E-state index >= 15 is 0 Å². The largest absolute Gasteiger partial charge is 0.497 e. The van der Waals surface area contributed by atoms with E-state index in [0.29, 0.717) is 30.5 Å². The van der Waals surface area contributed by atoms with E-state index in [0.717, 1.165) is 16.9 Å². The Kier molecular flexibility index (Phi) is 4.27. The predicted octanol–water partition coefficient (Wildman–Crippen LogP) is 1.73. The zero-order valence-corrected chi connectivity index (χ0v) is 12.4. The average Bonchev–Trinajstić information content (AvgIpc) is 2.94. The highest BCUT2D eigenvalue weighted by atomic mass is 16.5. The maximum Gasteiger partial charge on any atom is 0.491 e. The number of benzene rings is 2. The third-order valence-corrected chi connectivity index (χ3v) is 3.93. The highest BCUT2D eigenvalue weighted by molar-refractivity contribution is 6.61. The molecule has 1 aliphatic heterocycles. The van der Waals surface area contributed by atoms with Crippen LogP contribution in [0.4, 0.5) is 0 Å². The lowest BCUT2D eigenvalue weighted by molar-refractivity contribution is 0.0983. The fraction of sp³-hybridized carbons (Fsp3) is 0.235. The molecule has 0 radical (unpaired) electrons. The van der Waals surface area contributed by atoms with E-state index in [1.54, 1.807) is 19.2 Å². The number of ether oxygens (including phenoxy) is 1. The zero-order chi connectivity index (χ0) is 15.5. The highest BCUT2D eigenvalue weighted by Gasteiger charge is 2.27. The van der Waals surface area contributed by atoms with E-state index in [2.05, 4.69) is 0 Å². The number of hydrogen-bond acceptors (Lipinski definition) is 4. The summed E-state index contributed by atoms with van der Waals surface area (Å²) in [6.45, 7) is 0.400. The van der Waals surface area contributed by atoms with Crippen LogP contribution < -0.4 is 10.2 Å². The van der Waals surface area contributed by atoms with Crippen LogP contribution in [0.25, 0.3) is 0 Å². The second kappa shape index (κ2) is 6.34. The Balaban J connectivity index is 1.65. The van der Waals surface area contributed by atoms with Gasteiger partial charge < -0.3 is 14.4 Å². The molecule has 4 nitrogen and oxygen atoms in total. The lowest BCUT2D eigenvalue weighted by Crippen LogP contribution is -2.28. The van der Waals surface area contributed by atoms with Crippen LogP contribution in [-0.2, 0) is 17.7 Å². The number of ketones is 1. The first-order chi connectivity index (χ1) is 10.7. The third-order valence-electron chi connectivity index (χ3n) is 3.93. The van der Waals surface area contributed by atoms with Crippen molar-refractivity contribution in [3.05, 3.63) is 59.2 Å². The smallest absolute Gasteiger partial charge is 0.491 e. The van der Waals surface area contributed by atoms with Gasteiger partial charge in [-0.3, -0.25) is 4.79 Å². The number of Topliss-reactive ketones (excluding diaryl/α,β-unsaturated/α-hetero) is 1. The van der Waals surface area contributed by atoms with Gasteiger partial charge in [-0.05, 0) is 35.1 Å². The molecule has 1 N–H and O–H groups in total. The fourth-order valence-corrected chi connectivity index (χ4v) is 2.58. The molecule has 0 bridgehead atoms. The summed E-state index contributed by atoms with van der Waals surface area (Å²) in [5.74, 6) is 0.875. The van der Waals surface area contributed by atoms with Crippen molar-refractivity contribution in [1.29, 1.82) is 0 Å². The minimum absolute atomic E-state index is 0.0673. The molecule has 2 aromatic rings. The van der Waals surface area contributed by atoms with Gasteiger partial charge in [0.1, 0.15) is 5.75 Å². The van der Waals surface area contributed by atoms with E-state index in [9.17, 15) is 9.82 Å². The summed E-state index contributed by atoms with van der Waals surface area (Å²) in [4.78, 5) is 12.3. The monoisotopic (exact) mass is 296 g/mol. The molecule has 0 aliphatic carbocycles. The summed E-state index contributed by atoms with van der Waals surface area (Å²) in [5.41, 5.74) is 3.37. The van der Waals surface area contributed by atoms with Gasteiger partial charge in [0.05, 0.1) is 13.7 Å². The molecular formula is C17H17BO4. The first-order valence-corrected chi connectivity index (χ1v) is 7.26. The Morgan fingerprint density at radius 1 is 1.27 bits per heavy atom. The molecule has 0 amide bonds. The van der Waals surface area contributed by atoms with Crippen molar-refractivity contribution in [3.8, 4) is 5.75 Å². The van der Waals surface area contributed by atoms with E-state index in [1.807, 2.05) is 30.3 Å². The van der Waals surface area contributed by atoms with Crippen LogP contribution >= 0.6 is 0 Å². The summed E-state index contributed by atoms with van der Waals surface area (Å²) in [7, 11) is 0.717. The highest BCUT2D eigenvalue weighted by Crippen LogP contribution is 2.15. The Hall–Kier alpha value is -2.11. The maximum atomic E-state index is 12.3. The van der Waals surface area contributed by atoms with Gasteiger partial charge in [-0.1, -0.05) is 30.3 Å². The van der Waals surface area contributed by atoms with Crippen LogP contribution in [0.1, 0.15) is 27.9 Å². The second-order valence-electron chi connectivity index (χ2n) is 5.35. The van der Waals surface area contributed by atoms with Crippen LogP contribution in [0.3, 0.4) is 0 Å². The van der Waals surface area contributed by atoms with Gasteiger partial charge in [-0.25, -0.2) is 0 Å². The van der Waals surface area contributed by atoms with E-state index in [-0.39, 0.29) is 5.78 Å². The van der Waals surface area contributed by atoms with Crippen molar-refractivity contribution in [2.45, 2.75) is 19.4 Å². The lowest BCUT2D eigenvalue weighted by Gasteiger charge is -2.05. The second-order valence-corrected chi connectivity index (χ2v) is 5.35. The molecule has 112 valence electrons. The summed E-state index contributed by atoms with van der Waals surface area (Å²) >= 11 is 0. The quantitative estimate of drug-likeness (QED) is 0.674. The molecule has 22 heavy (non-hydrogen) atoms. The summed E-state index contributed by atoms with van der Waals surface area (Å²) < 4.78 is 10.3. The van der Waals surface area contributed by atoms with Gasteiger partial charge in [0.2, 0.25) is 0 Å². The van der Waals surface area contributed by atoms with Crippen LogP contribution in [0.5, 0.6) is 5.75 Å². The molecule has 0 atom stereocenters. The zero-order valence-electron chi connectivity index (χ0n) is 12.4. The number of methoxy groups -OCH3 is 1. The van der Waals surface area contributed by atoms with Crippen LogP contribution in [0.15, 0.2) is 42.5 Å². The number of carbonyl (C=O) groups is 1. The molecule has 2 aromatic carbocycles. The van der Waals surface area contributed by atoms with Crippen molar-refractivity contribution >= 4 is 18.4 Å². The van der Waals surface area contributed by atoms with E-state index in [1.165, 1.54) is 0 Å². The van der Waals surface area contributed by atoms with E-state index < -0.39 is 7.12 Å². The Labute approximate surface area is 129 Å². The van der Waals surface area contributed by atoms with Crippen LogP contribution in [0.2, 0.25) is 0 Å². The van der Waals surface area contributed by atoms with E-state index in [4.69, 9.17) is 9.39 Å². The topological polar surface area (TPSA) is 55.8 Å². The standard InChI is InChI=1S/C17H17BO4/c1-21-15-7-2-12(3-8-15)4-9-17(19)13-5-6-14-11-22-18(20)16(14)10-13/h2-3,5-8,10,20H,4,9,11H2,1H3. The Morgan fingerprint density at radius 3 is 2.77 bits per heavy atom. The summed E-state index contributed by atoms with van der Waals surface area (Å²) in [5, 5.41) is 9.70. The molecule has 1 aliphatic rings. The minimum Gasteiger partial charge on any atom is -0.497 e. The number of rotatable bonds is 5. The van der Waals surface area contributed by atoms with Crippen molar-refractivity contribution in [1.82, 2.24) is 0 Å². The summed E-state index contributed by atoms with van der Waals surface area (Å²) in [6, 6.07) is 13.1. The fourth-order valence-electron chi connectivity index (χ4n) is 2.58. The van der Waals surface area contributed by atoms with Gasteiger partial charge in [-0.15, -0.1) is 0 Å². The summed E-state index contributed by atoms with van der Waals surface area (Å²) in [6.07, 6.45) is 1.11. The number of aryl methyl sites for hydroxylation is 1. The maximum absolute atomic E-state index is 12.3. The molecule has 0 spiro atoms. The average molecular weight is 296 g/mol. The van der Waals surface area contributed by atoms with Gasteiger partial charge in [0.15, 0.2) is 5.78 Å². The van der Waals surface area contributed by atoms with Crippen molar-refractivity contribution in [2.24, 2.45) is 0 Å². The Morgan fingerprint density at radius 2 is 2.05 bits per heavy atom. The Bertz CT molecular complexity index is 682. The van der Waals surface area contributed by atoms with Crippen LogP contribution in [-0.4, -0.2) is 25.0 Å². The number of carbonyl (C=O) groups excluding carboxylic acids is 1. The molecule has 0 fully saturated rings. The molecule has 3 rings (SSSR count). The van der Waals surface area contributed by atoms with Gasteiger partial charge in [-0.2, -0.15) is 0 Å². The lowest BCUT2D eigenvalue weighted by atomic mass is 9.78. The van der Waals surface area contributed by atoms with Gasteiger partial charge in [0, 0.05) is 12.0 Å². The first kappa shape index (κ1) is 14.8. The molecule has 1 heterocycles. The molecular weight excluding hydrogens is 279 g/mol. The number of fused-ring (bicyclic) bond motifs is 1. The molecule has 0 aromatic heterocycles. The van der Waals surface area contributed by atoms with Gasteiger partial charge in [0.25, 0.3) is 0 Å². The molecule has 5 heteroatoms. The van der Waals surface area contributed by atoms with Crippen molar-refractivity contribution in [3.63, 3.8) is 0 Å². The first-order valence-electron chi connectivity index (χ1n) is 7.26. The predicted molar refractivity (Wildman–Crippen MR) is 84.5 cm³/mol. The minimum atomic E-state index is -0.913. The SMILES string of the molecule is COc1ccc(CCC(=O)c2ccc3c(c2)B(O)OC3)cc1. The molecule has 0 saturated heterocycles. The number of hydrogen-bond donors (Lipinski definition) is 1. The molecule has 0 unspecified atom stereocenters. The van der Waals surface area contributed by atoms with Crippen molar-refractivity contribution < 1.29 is 19.2 Å². The normalized spacial score (nSPS) is 13.1. The molecule has 0 saturated carbocycles. The van der Waals surface area contributed by atoms with Gasteiger partial charge >= 0.3 is 7.12 Å². The van der Waals surface area contributed by atoms with Crippen molar-refractivity contribution in [2.75, 3.05) is 7.11 Å². The van der Waals surface area contributed by atoms with Crippen LogP contribution in [0, 0.1) is 0 Å².